The van der Waals surface area contributed by atoms with Gasteiger partial charge in [-0.1, -0.05) is 0 Å². The third kappa shape index (κ3) is 8.80. The lowest BCUT2D eigenvalue weighted by molar-refractivity contribution is -0.120. The largest absolute Gasteiger partial charge is 0.444 e. The van der Waals surface area contributed by atoms with Gasteiger partial charge in [0.15, 0.2) is 0 Å². The fourth-order valence-electron chi connectivity index (χ4n) is 1.06. The molecule has 0 rings (SSSR count). The molecule has 0 heterocycles. The summed E-state index contributed by atoms with van der Waals surface area (Å²) in [4.78, 5) is 22.5. The van der Waals surface area contributed by atoms with E-state index in [1.807, 2.05) is 0 Å². The van der Waals surface area contributed by atoms with Gasteiger partial charge < -0.3 is 15.4 Å². The highest BCUT2D eigenvalue weighted by Gasteiger charge is 2.22. The molecule has 0 bridgehead atoms. The summed E-state index contributed by atoms with van der Waals surface area (Å²) in [5.74, 6) is -0.377. The van der Waals surface area contributed by atoms with Gasteiger partial charge in [0.1, 0.15) is 11.5 Å². The van der Waals surface area contributed by atoms with Crippen LogP contribution in [-0.2, 0) is 9.53 Å². The first kappa shape index (κ1) is 16.0. The van der Waals surface area contributed by atoms with Crippen LogP contribution in [0.5, 0.6) is 0 Å². The van der Waals surface area contributed by atoms with Crippen molar-refractivity contribution in [1.82, 2.24) is 10.6 Å². The SMILES string of the molecule is CC(C)(CNC(=O)OC(C)(C)C)NC(=O)CCl. The Balaban J connectivity index is 4.09. The van der Waals surface area contributed by atoms with Crippen molar-refractivity contribution in [3.05, 3.63) is 0 Å². The second kappa shape index (κ2) is 6.10. The zero-order valence-electron chi connectivity index (χ0n) is 11.0. The minimum atomic E-state index is -0.567. The molecule has 0 saturated heterocycles. The van der Waals surface area contributed by atoms with E-state index < -0.39 is 17.2 Å². The van der Waals surface area contributed by atoms with Gasteiger partial charge in [-0.3, -0.25) is 4.79 Å². The Labute approximate surface area is 107 Å². The Kier molecular flexibility index (Phi) is 5.75. The number of ether oxygens (including phenoxy) is 1. The Bertz CT molecular complexity index is 285. The predicted molar refractivity (Wildman–Crippen MR) is 67.2 cm³/mol. The maximum atomic E-state index is 11.4. The van der Waals surface area contributed by atoms with Gasteiger partial charge in [0, 0.05) is 6.54 Å². The highest BCUT2D eigenvalue weighted by molar-refractivity contribution is 6.27. The number of hydrogen-bond donors (Lipinski definition) is 2. The van der Waals surface area contributed by atoms with Crippen LogP contribution < -0.4 is 10.6 Å². The van der Waals surface area contributed by atoms with Crippen LogP contribution >= 0.6 is 11.6 Å². The third-order valence-corrected chi connectivity index (χ3v) is 1.92. The molecule has 2 amide bonds. The summed E-state index contributed by atoms with van der Waals surface area (Å²) in [6.07, 6.45) is -0.509. The van der Waals surface area contributed by atoms with Crippen LogP contribution in [0.4, 0.5) is 4.79 Å². The standard InChI is InChI=1S/C11H21ClN2O3/c1-10(2,3)17-9(16)13-7-11(4,5)14-8(15)6-12/h6-7H2,1-5H3,(H,13,16)(H,14,15). The molecule has 0 aromatic rings. The smallest absolute Gasteiger partial charge is 0.407 e. The summed E-state index contributed by atoms with van der Waals surface area (Å²) in [6, 6.07) is 0. The van der Waals surface area contributed by atoms with E-state index in [0.717, 1.165) is 0 Å². The normalized spacial score (nSPS) is 11.9. The van der Waals surface area contributed by atoms with Crippen molar-refractivity contribution in [2.24, 2.45) is 0 Å². The summed E-state index contributed by atoms with van der Waals surface area (Å²) in [5, 5.41) is 5.27. The van der Waals surface area contributed by atoms with Crippen molar-refractivity contribution in [2.75, 3.05) is 12.4 Å². The fourth-order valence-corrected chi connectivity index (χ4v) is 1.13. The molecular formula is C11H21ClN2O3. The van der Waals surface area contributed by atoms with Crippen LogP contribution in [0.2, 0.25) is 0 Å². The first-order valence-electron chi connectivity index (χ1n) is 5.39. The molecule has 0 spiro atoms. The number of alkyl carbamates (subject to hydrolysis) is 1. The first-order chi connectivity index (χ1) is 7.56. The second-order valence-corrected chi connectivity index (χ2v) is 5.69. The van der Waals surface area contributed by atoms with Crippen LogP contribution in [0.25, 0.3) is 0 Å². The molecule has 17 heavy (non-hydrogen) atoms. The number of halogens is 1. The molecule has 0 saturated carbocycles. The van der Waals surface area contributed by atoms with Gasteiger partial charge in [0.2, 0.25) is 5.91 Å². The van der Waals surface area contributed by atoms with E-state index in [1.54, 1.807) is 34.6 Å². The molecule has 0 atom stereocenters. The van der Waals surface area contributed by atoms with Gasteiger partial charge >= 0.3 is 6.09 Å². The van der Waals surface area contributed by atoms with Gasteiger partial charge in [0.05, 0.1) is 5.54 Å². The maximum absolute atomic E-state index is 11.4. The molecule has 0 fully saturated rings. The molecule has 5 nitrogen and oxygen atoms in total. The molecule has 100 valence electrons. The molecule has 0 radical (unpaired) electrons. The van der Waals surface area contributed by atoms with E-state index in [2.05, 4.69) is 10.6 Å². The van der Waals surface area contributed by atoms with Gasteiger partial charge in [-0.05, 0) is 34.6 Å². The number of carbonyl (C=O) groups excluding carboxylic acids is 2. The summed E-state index contributed by atoms with van der Waals surface area (Å²) in [6.45, 7) is 9.20. The Morgan fingerprint density at radius 2 is 1.71 bits per heavy atom. The maximum Gasteiger partial charge on any atom is 0.407 e. The van der Waals surface area contributed by atoms with E-state index in [-0.39, 0.29) is 18.3 Å². The van der Waals surface area contributed by atoms with E-state index in [9.17, 15) is 9.59 Å². The predicted octanol–water partition coefficient (Wildman–Crippen LogP) is 1.64. The quantitative estimate of drug-likeness (QED) is 0.759. The average Bonchev–Trinajstić information content (AvgIpc) is 2.11. The lowest BCUT2D eigenvalue weighted by atomic mass is 10.1. The summed E-state index contributed by atoms with van der Waals surface area (Å²) in [7, 11) is 0. The molecule has 6 heteroatoms. The van der Waals surface area contributed by atoms with Crippen LogP contribution in [0, 0.1) is 0 Å². The Morgan fingerprint density at radius 3 is 2.12 bits per heavy atom. The summed E-state index contributed by atoms with van der Waals surface area (Å²) < 4.78 is 5.08. The monoisotopic (exact) mass is 264 g/mol. The first-order valence-corrected chi connectivity index (χ1v) is 5.93. The van der Waals surface area contributed by atoms with Crippen molar-refractivity contribution in [2.45, 2.75) is 45.8 Å². The van der Waals surface area contributed by atoms with Crippen molar-refractivity contribution in [1.29, 1.82) is 0 Å². The van der Waals surface area contributed by atoms with Crippen molar-refractivity contribution in [3.63, 3.8) is 0 Å². The molecule has 0 aromatic heterocycles. The number of carbonyl (C=O) groups is 2. The van der Waals surface area contributed by atoms with E-state index in [4.69, 9.17) is 16.3 Å². The number of rotatable bonds is 4. The van der Waals surface area contributed by atoms with E-state index in [1.165, 1.54) is 0 Å². The van der Waals surface area contributed by atoms with Gasteiger partial charge in [-0.15, -0.1) is 11.6 Å². The van der Waals surface area contributed by atoms with Crippen LogP contribution in [0.1, 0.15) is 34.6 Å². The molecule has 0 aliphatic rings. The minimum Gasteiger partial charge on any atom is -0.444 e. The minimum absolute atomic E-state index is 0.101. The number of nitrogens with one attached hydrogen (secondary N) is 2. The van der Waals surface area contributed by atoms with E-state index >= 15 is 0 Å². The average molecular weight is 265 g/mol. The lowest BCUT2D eigenvalue weighted by Gasteiger charge is -2.27. The molecule has 0 aliphatic heterocycles. The molecule has 0 aliphatic carbocycles. The van der Waals surface area contributed by atoms with E-state index in [0.29, 0.717) is 0 Å². The summed E-state index contributed by atoms with van der Waals surface area (Å²) in [5.41, 5.74) is -1.10. The highest BCUT2D eigenvalue weighted by Crippen LogP contribution is 2.07. The van der Waals surface area contributed by atoms with Crippen molar-refractivity contribution < 1.29 is 14.3 Å². The summed E-state index contributed by atoms with van der Waals surface area (Å²) >= 11 is 5.38. The molecule has 0 aromatic carbocycles. The highest BCUT2D eigenvalue weighted by atomic mass is 35.5. The van der Waals surface area contributed by atoms with Crippen molar-refractivity contribution >= 4 is 23.6 Å². The Hall–Kier alpha value is -0.970. The third-order valence-electron chi connectivity index (χ3n) is 1.67. The van der Waals surface area contributed by atoms with Crippen LogP contribution in [0.3, 0.4) is 0 Å². The van der Waals surface area contributed by atoms with Crippen molar-refractivity contribution in [3.8, 4) is 0 Å². The van der Waals surface area contributed by atoms with Gasteiger partial charge in [0.25, 0.3) is 0 Å². The second-order valence-electron chi connectivity index (χ2n) is 5.42. The van der Waals surface area contributed by atoms with Crippen LogP contribution in [-0.4, -0.2) is 35.6 Å². The van der Waals surface area contributed by atoms with Gasteiger partial charge in [-0.25, -0.2) is 4.79 Å². The number of hydrogen-bond acceptors (Lipinski definition) is 3. The molecule has 2 N–H and O–H groups in total. The topological polar surface area (TPSA) is 67.4 Å². The zero-order valence-corrected chi connectivity index (χ0v) is 11.8. The Morgan fingerprint density at radius 1 is 1.18 bits per heavy atom. The molecule has 0 unspecified atom stereocenters. The fraction of sp³-hybridized carbons (Fsp3) is 0.818. The number of amides is 2. The lowest BCUT2D eigenvalue weighted by Crippen LogP contribution is -2.52. The van der Waals surface area contributed by atoms with Crippen LogP contribution in [0.15, 0.2) is 0 Å². The number of alkyl halides is 1. The van der Waals surface area contributed by atoms with Gasteiger partial charge in [-0.2, -0.15) is 0 Å². The zero-order chi connectivity index (χ0) is 13.7. The molecular weight excluding hydrogens is 244 g/mol.